The highest BCUT2D eigenvalue weighted by atomic mass is 16.6. The summed E-state index contributed by atoms with van der Waals surface area (Å²) in [6.45, 7) is 6.44. The molecule has 0 aromatic rings. The summed E-state index contributed by atoms with van der Waals surface area (Å²) in [6, 6.07) is 0. The van der Waals surface area contributed by atoms with Crippen LogP contribution >= 0.6 is 0 Å². The Morgan fingerprint density at radius 1 is 0.269 bits per heavy atom. The number of ether oxygens (including phenoxy) is 3. The number of rotatable bonds is 58. The van der Waals surface area contributed by atoms with Gasteiger partial charge in [0.2, 0.25) is 0 Å². The molecule has 0 aliphatic carbocycles. The lowest BCUT2D eigenvalue weighted by atomic mass is 10.0. The summed E-state index contributed by atoms with van der Waals surface area (Å²) in [5, 5.41) is 0. The van der Waals surface area contributed by atoms with Crippen molar-refractivity contribution in [1.82, 2.24) is 0 Å². The quantitative estimate of drug-likeness (QED) is 0.0261. The summed E-state index contributed by atoms with van der Waals surface area (Å²) in [5.41, 5.74) is 0. The molecule has 444 valence electrons. The first-order valence-electron chi connectivity index (χ1n) is 32.5. The molecule has 0 spiro atoms. The molecule has 0 aromatic carbocycles. The van der Waals surface area contributed by atoms with Crippen molar-refractivity contribution < 1.29 is 28.6 Å². The maximum atomic E-state index is 12.9. The smallest absolute Gasteiger partial charge is 0.306 e. The van der Waals surface area contributed by atoms with Gasteiger partial charge in [0.25, 0.3) is 0 Å². The fraction of sp³-hybridized carbons (Fsp3) is 0.681. The van der Waals surface area contributed by atoms with Gasteiger partial charge in [-0.15, -0.1) is 0 Å². The Hall–Kier alpha value is -4.19. The van der Waals surface area contributed by atoms with E-state index < -0.39 is 6.10 Å². The minimum absolute atomic E-state index is 0.102. The van der Waals surface area contributed by atoms with Crippen molar-refractivity contribution >= 4 is 17.9 Å². The largest absolute Gasteiger partial charge is 0.462 e. The fourth-order valence-electron chi connectivity index (χ4n) is 8.79. The average molecular weight is 1080 g/mol. The normalized spacial score (nSPS) is 12.9. The second-order valence-electron chi connectivity index (χ2n) is 21.3. The van der Waals surface area contributed by atoms with Gasteiger partial charge >= 0.3 is 17.9 Å². The van der Waals surface area contributed by atoms with E-state index in [1.165, 1.54) is 128 Å². The first-order valence-corrected chi connectivity index (χ1v) is 32.5. The first kappa shape index (κ1) is 73.8. The molecular formula is C72H120O6. The van der Waals surface area contributed by atoms with Crippen LogP contribution in [0.3, 0.4) is 0 Å². The van der Waals surface area contributed by atoms with E-state index in [2.05, 4.69) is 142 Å². The zero-order valence-electron chi connectivity index (χ0n) is 50.9. The van der Waals surface area contributed by atoms with Crippen molar-refractivity contribution in [3.8, 4) is 0 Å². The Morgan fingerprint density at radius 3 is 0.846 bits per heavy atom. The van der Waals surface area contributed by atoms with Gasteiger partial charge in [-0.1, -0.05) is 271 Å². The highest BCUT2D eigenvalue weighted by Gasteiger charge is 2.19. The van der Waals surface area contributed by atoms with Crippen LogP contribution in [0.5, 0.6) is 0 Å². The molecule has 0 amide bonds. The second-order valence-corrected chi connectivity index (χ2v) is 21.3. The molecule has 0 bridgehead atoms. The third-order valence-corrected chi connectivity index (χ3v) is 13.7. The molecule has 0 fully saturated rings. The lowest BCUT2D eigenvalue weighted by Crippen LogP contribution is -2.30. The number of carbonyl (C=O) groups is 3. The molecule has 0 aliphatic heterocycles. The molecule has 0 radical (unpaired) electrons. The zero-order chi connectivity index (χ0) is 56.4. The molecule has 1 atom stereocenters. The number of unbranched alkanes of at least 4 members (excludes halogenated alkanes) is 27. The van der Waals surface area contributed by atoms with Gasteiger partial charge < -0.3 is 14.2 Å². The van der Waals surface area contributed by atoms with Crippen LogP contribution in [-0.4, -0.2) is 37.2 Å². The van der Waals surface area contributed by atoms with E-state index in [1.54, 1.807) is 0 Å². The predicted molar refractivity (Wildman–Crippen MR) is 339 cm³/mol. The molecule has 78 heavy (non-hydrogen) atoms. The van der Waals surface area contributed by atoms with Crippen molar-refractivity contribution in [3.05, 3.63) is 122 Å². The van der Waals surface area contributed by atoms with E-state index in [4.69, 9.17) is 14.2 Å². The molecule has 1 unspecified atom stereocenters. The number of hydrogen-bond acceptors (Lipinski definition) is 6. The van der Waals surface area contributed by atoms with Gasteiger partial charge in [0.05, 0.1) is 0 Å². The Kier molecular flexibility index (Phi) is 61.8. The second kappa shape index (κ2) is 65.3. The summed E-state index contributed by atoms with van der Waals surface area (Å²) in [7, 11) is 0. The van der Waals surface area contributed by atoms with Gasteiger partial charge in [0.1, 0.15) is 13.2 Å². The fourth-order valence-corrected chi connectivity index (χ4v) is 8.79. The topological polar surface area (TPSA) is 78.9 Å². The summed E-state index contributed by atoms with van der Waals surface area (Å²) in [5.74, 6) is -0.957. The van der Waals surface area contributed by atoms with Gasteiger partial charge in [0.15, 0.2) is 6.10 Å². The highest BCUT2D eigenvalue weighted by Crippen LogP contribution is 2.15. The van der Waals surface area contributed by atoms with Crippen LogP contribution in [0.1, 0.15) is 297 Å². The van der Waals surface area contributed by atoms with E-state index in [0.29, 0.717) is 19.3 Å². The van der Waals surface area contributed by atoms with Crippen molar-refractivity contribution in [2.75, 3.05) is 13.2 Å². The van der Waals surface area contributed by atoms with E-state index in [9.17, 15) is 14.4 Å². The van der Waals surface area contributed by atoms with Crippen LogP contribution < -0.4 is 0 Å². The molecule has 0 rings (SSSR count). The van der Waals surface area contributed by atoms with Crippen LogP contribution in [0.4, 0.5) is 0 Å². The van der Waals surface area contributed by atoms with Gasteiger partial charge in [-0.25, -0.2) is 0 Å². The van der Waals surface area contributed by atoms with Gasteiger partial charge in [0, 0.05) is 19.3 Å². The molecule has 0 saturated carbocycles. The lowest BCUT2D eigenvalue weighted by Gasteiger charge is -2.18. The van der Waals surface area contributed by atoms with Crippen LogP contribution in [-0.2, 0) is 28.6 Å². The standard InChI is InChI=1S/C72H120O6/c1-4-7-10-13-16-19-22-25-28-30-32-34-35-36-37-39-40-42-44-47-50-53-56-59-62-65-71(74)77-68-69(67-76-70(73)64-61-58-55-52-49-46-27-24-21-18-15-12-9-6-3)78-72(75)66-63-60-57-54-51-48-45-43-41-38-33-31-29-26-23-20-17-14-11-8-5-2/h8,11,15,17-18,20,22,24-27,29-30,32-33,38,43,45,51,54,69H,4-7,9-10,12-14,16,19,21,23,28,31,34-37,39-42,44,46-50,52-53,55-68H2,1-3H3/b11-8-,18-15-,20-17-,25-22-,27-24-,29-26-,32-30-,38-33-,45-43-,54-51-. The Balaban J connectivity index is 4.41. The minimum atomic E-state index is -0.812. The van der Waals surface area contributed by atoms with E-state index in [0.717, 1.165) is 122 Å². The number of carbonyl (C=O) groups excluding carboxylic acids is 3. The Bertz CT molecular complexity index is 1620. The Morgan fingerprint density at radius 2 is 0.513 bits per heavy atom. The Labute approximate surface area is 482 Å². The lowest BCUT2D eigenvalue weighted by molar-refractivity contribution is -0.167. The molecule has 0 aromatic heterocycles. The maximum Gasteiger partial charge on any atom is 0.306 e. The zero-order valence-corrected chi connectivity index (χ0v) is 50.9. The first-order chi connectivity index (χ1) is 38.5. The number of esters is 3. The maximum absolute atomic E-state index is 12.9. The summed E-state index contributed by atoms with van der Waals surface area (Å²) in [4.78, 5) is 38.3. The van der Waals surface area contributed by atoms with Crippen LogP contribution in [0.25, 0.3) is 0 Å². The van der Waals surface area contributed by atoms with Gasteiger partial charge in [-0.05, 0) is 128 Å². The SMILES string of the molecule is CC/C=C\C/C=C\C/C=C\C/C=C\C/C=C\C/C=C\CCCCC(=O)OC(COC(=O)CCCCCCC/C=C\C/C=C\CCCC)COC(=O)CCCCCCCCCCCCCCC/C=C\C/C=C\CCCCCCC. The van der Waals surface area contributed by atoms with Crippen LogP contribution in [0, 0.1) is 0 Å². The number of allylic oxidation sites excluding steroid dienone is 20. The summed E-state index contributed by atoms with van der Waals surface area (Å²) < 4.78 is 16.9. The minimum Gasteiger partial charge on any atom is -0.462 e. The predicted octanol–water partition coefficient (Wildman–Crippen LogP) is 22.4. The molecule has 0 aliphatic rings. The van der Waals surface area contributed by atoms with Crippen molar-refractivity contribution in [2.24, 2.45) is 0 Å². The number of hydrogen-bond donors (Lipinski definition) is 0. The molecule has 6 nitrogen and oxygen atoms in total. The van der Waals surface area contributed by atoms with Crippen molar-refractivity contribution in [1.29, 1.82) is 0 Å². The molecular weight excluding hydrogens is 961 g/mol. The van der Waals surface area contributed by atoms with Crippen molar-refractivity contribution in [3.63, 3.8) is 0 Å². The monoisotopic (exact) mass is 1080 g/mol. The van der Waals surface area contributed by atoms with Gasteiger partial charge in [-0.2, -0.15) is 0 Å². The molecule has 6 heteroatoms. The summed E-state index contributed by atoms with van der Waals surface area (Å²) >= 11 is 0. The molecule has 0 heterocycles. The average Bonchev–Trinajstić information content (AvgIpc) is 3.44. The van der Waals surface area contributed by atoms with Gasteiger partial charge in [-0.3, -0.25) is 14.4 Å². The van der Waals surface area contributed by atoms with E-state index in [-0.39, 0.29) is 37.5 Å². The third kappa shape index (κ3) is 62.7. The highest BCUT2D eigenvalue weighted by molar-refractivity contribution is 5.71. The van der Waals surface area contributed by atoms with Crippen molar-refractivity contribution in [2.45, 2.75) is 303 Å². The third-order valence-electron chi connectivity index (χ3n) is 13.7. The molecule has 0 saturated heterocycles. The van der Waals surface area contributed by atoms with E-state index in [1.807, 2.05) is 0 Å². The molecule has 0 N–H and O–H groups in total. The summed E-state index contributed by atoms with van der Waals surface area (Å²) in [6.07, 6.45) is 90.6. The van der Waals surface area contributed by atoms with E-state index >= 15 is 0 Å². The van der Waals surface area contributed by atoms with Crippen LogP contribution in [0.15, 0.2) is 122 Å². The van der Waals surface area contributed by atoms with Crippen LogP contribution in [0.2, 0.25) is 0 Å².